The van der Waals surface area contributed by atoms with Crippen molar-refractivity contribution in [2.24, 2.45) is 0 Å². The molecule has 1 aromatic carbocycles. The molecule has 1 atom stereocenters. The number of carbonyl (C=O) groups excluding carboxylic acids is 1. The van der Waals surface area contributed by atoms with E-state index in [0.717, 1.165) is 12.5 Å². The van der Waals surface area contributed by atoms with E-state index in [0.29, 0.717) is 18.8 Å². The summed E-state index contributed by atoms with van der Waals surface area (Å²) in [6.45, 7) is 4.82. The van der Waals surface area contributed by atoms with Crippen molar-refractivity contribution in [2.75, 3.05) is 25.2 Å². The number of methoxy groups -OCH3 is 1. The highest BCUT2D eigenvalue weighted by atomic mass is 19.4. The lowest BCUT2D eigenvalue weighted by Crippen LogP contribution is -2.35. The normalized spacial score (nSPS) is 13.0. The minimum Gasteiger partial charge on any atom is -0.383 e. The van der Waals surface area contributed by atoms with E-state index < -0.39 is 11.7 Å². The van der Waals surface area contributed by atoms with Gasteiger partial charge in [0.15, 0.2) is 6.29 Å². The highest BCUT2D eigenvalue weighted by Gasteiger charge is 2.34. The highest BCUT2D eigenvalue weighted by Crippen LogP contribution is 2.34. The molecule has 0 saturated carbocycles. The second kappa shape index (κ2) is 7.45. The Morgan fingerprint density at radius 2 is 2.05 bits per heavy atom. The van der Waals surface area contributed by atoms with Crippen LogP contribution in [-0.2, 0) is 10.9 Å². The largest absolute Gasteiger partial charge is 0.417 e. The first-order valence-corrected chi connectivity index (χ1v) is 6.77. The number of anilines is 1. The summed E-state index contributed by atoms with van der Waals surface area (Å²) in [7, 11) is 1.55. The lowest BCUT2D eigenvalue weighted by atomic mass is 10.1. The Hall–Kier alpha value is -1.56. The average molecular weight is 303 g/mol. The maximum absolute atomic E-state index is 13.0. The van der Waals surface area contributed by atoms with E-state index in [-0.39, 0.29) is 17.9 Å². The third kappa shape index (κ3) is 4.46. The van der Waals surface area contributed by atoms with Crippen LogP contribution < -0.4 is 4.90 Å². The second-order valence-corrected chi connectivity index (χ2v) is 4.83. The van der Waals surface area contributed by atoms with E-state index in [9.17, 15) is 18.0 Å². The van der Waals surface area contributed by atoms with Crippen molar-refractivity contribution in [2.45, 2.75) is 32.5 Å². The van der Waals surface area contributed by atoms with Crippen LogP contribution in [0.25, 0.3) is 0 Å². The van der Waals surface area contributed by atoms with Gasteiger partial charge in [-0.15, -0.1) is 0 Å². The van der Waals surface area contributed by atoms with E-state index in [1.165, 1.54) is 6.07 Å². The Morgan fingerprint density at radius 3 is 2.52 bits per heavy atom. The van der Waals surface area contributed by atoms with Gasteiger partial charge < -0.3 is 9.64 Å². The van der Waals surface area contributed by atoms with E-state index in [1.54, 1.807) is 13.2 Å². The predicted molar refractivity (Wildman–Crippen MR) is 75.8 cm³/mol. The molecule has 0 fully saturated rings. The number of carbonyl (C=O) groups is 1. The summed E-state index contributed by atoms with van der Waals surface area (Å²) in [5.74, 6) is 0. The molecule has 0 N–H and O–H groups in total. The molecule has 118 valence electrons. The number of aldehydes is 1. The fourth-order valence-corrected chi connectivity index (χ4v) is 2.09. The Kier molecular flexibility index (Phi) is 6.20. The van der Waals surface area contributed by atoms with Gasteiger partial charge in [0, 0.05) is 30.9 Å². The molecule has 1 aromatic rings. The van der Waals surface area contributed by atoms with Gasteiger partial charge in [0.05, 0.1) is 12.2 Å². The lowest BCUT2D eigenvalue weighted by Gasteiger charge is -2.31. The quantitative estimate of drug-likeness (QED) is 0.718. The zero-order valence-electron chi connectivity index (χ0n) is 12.4. The van der Waals surface area contributed by atoms with Crippen LogP contribution in [0.3, 0.4) is 0 Å². The molecule has 0 aromatic heterocycles. The maximum Gasteiger partial charge on any atom is 0.417 e. The summed E-state index contributed by atoms with van der Waals surface area (Å²) in [5, 5.41) is 0. The minimum absolute atomic E-state index is 0.0725. The van der Waals surface area contributed by atoms with Gasteiger partial charge in [-0.1, -0.05) is 6.92 Å². The molecule has 0 bridgehead atoms. The number of rotatable bonds is 7. The summed E-state index contributed by atoms with van der Waals surface area (Å²) < 4.78 is 44.0. The summed E-state index contributed by atoms with van der Waals surface area (Å²) in [5.41, 5.74) is -0.804. The van der Waals surface area contributed by atoms with Crippen LogP contribution in [0.15, 0.2) is 18.2 Å². The highest BCUT2D eigenvalue weighted by molar-refractivity contribution is 5.79. The number of halogens is 3. The molecule has 3 nitrogen and oxygen atoms in total. The van der Waals surface area contributed by atoms with Crippen LogP contribution in [0.4, 0.5) is 18.9 Å². The molecular weight excluding hydrogens is 283 g/mol. The lowest BCUT2D eigenvalue weighted by molar-refractivity contribution is -0.137. The molecule has 21 heavy (non-hydrogen) atoms. The number of benzene rings is 1. The Bertz CT molecular complexity index is 474. The number of nitrogens with zero attached hydrogens (tertiary/aromatic N) is 1. The average Bonchev–Trinajstić information content (AvgIpc) is 2.46. The number of hydrogen-bond donors (Lipinski definition) is 0. The molecule has 0 aliphatic rings. The van der Waals surface area contributed by atoms with Gasteiger partial charge in [0.2, 0.25) is 0 Å². The van der Waals surface area contributed by atoms with Crippen LogP contribution in [0.1, 0.15) is 36.2 Å². The van der Waals surface area contributed by atoms with Crippen molar-refractivity contribution in [3.05, 3.63) is 29.3 Å². The van der Waals surface area contributed by atoms with E-state index in [2.05, 4.69) is 0 Å². The minimum atomic E-state index is -4.55. The SMILES string of the molecule is CCC(C)N(CCOC)c1ccc(C=O)c(C(F)(F)F)c1. The Balaban J connectivity index is 3.23. The molecule has 0 radical (unpaired) electrons. The molecular formula is C15H20F3NO2. The fraction of sp³-hybridized carbons (Fsp3) is 0.533. The molecule has 0 spiro atoms. The summed E-state index contributed by atoms with van der Waals surface area (Å²) >= 11 is 0. The first-order valence-electron chi connectivity index (χ1n) is 6.77. The molecule has 6 heteroatoms. The van der Waals surface area contributed by atoms with Gasteiger partial charge in [0.1, 0.15) is 0 Å². The van der Waals surface area contributed by atoms with Crippen molar-refractivity contribution in [1.82, 2.24) is 0 Å². The molecule has 0 aliphatic heterocycles. The molecule has 1 unspecified atom stereocenters. The van der Waals surface area contributed by atoms with Crippen LogP contribution in [0, 0.1) is 0 Å². The maximum atomic E-state index is 13.0. The van der Waals surface area contributed by atoms with Gasteiger partial charge >= 0.3 is 6.18 Å². The summed E-state index contributed by atoms with van der Waals surface area (Å²) in [4.78, 5) is 12.6. The zero-order valence-corrected chi connectivity index (χ0v) is 12.4. The summed E-state index contributed by atoms with van der Waals surface area (Å²) in [6.07, 6.45) is -3.52. The second-order valence-electron chi connectivity index (χ2n) is 4.83. The summed E-state index contributed by atoms with van der Waals surface area (Å²) in [6, 6.07) is 3.86. The van der Waals surface area contributed by atoms with Crippen LogP contribution in [0.2, 0.25) is 0 Å². The molecule has 0 heterocycles. The topological polar surface area (TPSA) is 29.5 Å². The Morgan fingerprint density at radius 1 is 1.38 bits per heavy atom. The number of ether oxygens (including phenoxy) is 1. The van der Waals surface area contributed by atoms with Crippen molar-refractivity contribution in [3.8, 4) is 0 Å². The van der Waals surface area contributed by atoms with Gasteiger partial charge in [-0.3, -0.25) is 4.79 Å². The molecule has 0 aliphatic carbocycles. The third-order valence-electron chi connectivity index (χ3n) is 3.46. The van der Waals surface area contributed by atoms with Crippen molar-refractivity contribution >= 4 is 12.0 Å². The zero-order chi connectivity index (χ0) is 16.0. The van der Waals surface area contributed by atoms with Gasteiger partial charge in [-0.25, -0.2) is 0 Å². The Labute approximate surface area is 122 Å². The van der Waals surface area contributed by atoms with E-state index >= 15 is 0 Å². The van der Waals surface area contributed by atoms with E-state index in [4.69, 9.17) is 4.74 Å². The van der Waals surface area contributed by atoms with Gasteiger partial charge in [-0.05, 0) is 31.5 Å². The monoisotopic (exact) mass is 303 g/mol. The predicted octanol–water partition coefficient (Wildman–Crippen LogP) is 3.77. The van der Waals surface area contributed by atoms with Crippen molar-refractivity contribution in [1.29, 1.82) is 0 Å². The smallest absolute Gasteiger partial charge is 0.383 e. The molecule has 0 saturated heterocycles. The molecule has 0 amide bonds. The van der Waals surface area contributed by atoms with Crippen LogP contribution in [-0.4, -0.2) is 32.6 Å². The van der Waals surface area contributed by atoms with Gasteiger partial charge in [0.25, 0.3) is 0 Å². The first kappa shape index (κ1) is 17.5. The standard InChI is InChI=1S/C15H20F3NO2/c1-4-11(2)19(7-8-21-3)13-6-5-12(10-20)14(9-13)15(16,17)18/h5-6,9-11H,4,7-8H2,1-3H3. The number of hydrogen-bond acceptors (Lipinski definition) is 3. The van der Waals surface area contributed by atoms with E-state index in [1.807, 2.05) is 18.7 Å². The third-order valence-corrected chi connectivity index (χ3v) is 3.46. The molecule has 1 rings (SSSR count). The fourth-order valence-electron chi connectivity index (χ4n) is 2.09. The first-order chi connectivity index (χ1) is 9.85. The van der Waals surface area contributed by atoms with Crippen molar-refractivity contribution < 1.29 is 22.7 Å². The number of alkyl halides is 3. The van der Waals surface area contributed by atoms with Gasteiger partial charge in [-0.2, -0.15) is 13.2 Å². The van der Waals surface area contributed by atoms with Crippen molar-refractivity contribution in [3.63, 3.8) is 0 Å². The van der Waals surface area contributed by atoms with Crippen LogP contribution in [0.5, 0.6) is 0 Å². The van der Waals surface area contributed by atoms with Crippen LogP contribution >= 0.6 is 0 Å².